The first-order valence-corrected chi connectivity index (χ1v) is 10.7. The summed E-state index contributed by atoms with van der Waals surface area (Å²) >= 11 is 0. The second-order valence-electron chi connectivity index (χ2n) is 8.12. The number of fused-ring (bicyclic) bond motifs is 1. The molecule has 2 aromatic rings. The lowest BCUT2D eigenvalue weighted by atomic mass is 10.1. The van der Waals surface area contributed by atoms with Crippen LogP contribution in [0.25, 0.3) is 0 Å². The van der Waals surface area contributed by atoms with Gasteiger partial charge in [0, 0.05) is 45.2 Å². The van der Waals surface area contributed by atoms with E-state index in [4.69, 9.17) is 4.74 Å². The van der Waals surface area contributed by atoms with Gasteiger partial charge in [-0.1, -0.05) is 42.5 Å². The number of anilines is 1. The van der Waals surface area contributed by atoms with E-state index in [-0.39, 0.29) is 17.9 Å². The van der Waals surface area contributed by atoms with Gasteiger partial charge in [-0.3, -0.25) is 14.5 Å². The van der Waals surface area contributed by atoms with Crippen LogP contribution in [0.15, 0.2) is 54.6 Å². The second-order valence-corrected chi connectivity index (χ2v) is 8.12. The van der Waals surface area contributed by atoms with Gasteiger partial charge in [0.15, 0.2) is 6.10 Å². The molecule has 0 spiro atoms. The minimum absolute atomic E-state index is 0.0952. The highest BCUT2D eigenvalue weighted by Gasteiger charge is 2.33. The van der Waals surface area contributed by atoms with Crippen LogP contribution in [0, 0.1) is 0 Å². The quantitative estimate of drug-likeness (QED) is 0.765. The Bertz CT molecular complexity index is 902. The molecule has 158 valence electrons. The average Bonchev–Trinajstić information content (AvgIpc) is 2.75. The Morgan fingerprint density at radius 1 is 1.03 bits per heavy atom. The van der Waals surface area contributed by atoms with Crippen molar-refractivity contribution in [1.29, 1.82) is 0 Å². The van der Waals surface area contributed by atoms with E-state index in [1.165, 1.54) is 5.56 Å². The summed E-state index contributed by atoms with van der Waals surface area (Å²) in [5.74, 6) is 0.702. The van der Waals surface area contributed by atoms with Crippen molar-refractivity contribution >= 4 is 17.5 Å². The van der Waals surface area contributed by atoms with Crippen molar-refractivity contribution in [1.82, 2.24) is 9.80 Å². The van der Waals surface area contributed by atoms with Crippen molar-refractivity contribution in [3.8, 4) is 5.75 Å². The molecule has 2 aliphatic heterocycles. The van der Waals surface area contributed by atoms with Gasteiger partial charge in [0.05, 0.1) is 5.69 Å². The summed E-state index contributed by atoms with van der Waals surface area (Å²) in [6.45, 7) is 7.58. The maximum absolute atomic E-state index is 13.0. The van der Waals surface area contributed by atoms with Crippen LogP contribution >= 0.6 is 0 Å². The summed E-state index contributed by atoms with van der Waals surface area (Å²) in [6, 6.07) is 18.1. The first-order valence-electron chi connectivity index (χ1n) is 10.7. The molecular weight excluding hydrogens is 378 g/mol. The van der Waals surface area contributed by atoms with Gasteiger partial charge in [-0.2, -0.15) is 0 Å². The third kappa shape index (κ3) is 4.33. The van der Waals surface area contributed by atoms with Gasteiger partial charge in [0.25, 0.3) is 5.91 Å². The van der Waals surface area contributed by atoms with Crippen LogP contribution in [0.5, 0.6) is 5.75 Å². The van der Waals surface area contributed by atoms with Crippen LogP contribution in [0.3, 0.4) is 0 Å². The van der Waals surface area contributed by atoms with Crippen molar-refractivity contribution in [3.05, 3.63) is 60.2 Å². The normalized spacial score (nSPS) is 21.9. The first-order chi connectivity index (χ1) is 14.5. The number of piperazine rings is 1. The number of hydrogen-bond acceptors (Lipinski definition) is 4. The standard InChI is InChI=1S/C24H29N3O3/c1-18-16-25(17-20-8-4-3-5-9-20)14-15-26(18)23(28)12-13-27-21-10-6-7-11-22(21)30-19(2)24(27)29/h3-11,18-19H,12-17H2,1-2H3. The SMILES string of the molecule is CC1Oc2ccccc2N(CCC(=O)N2CCN(Cc3ccccc3)CC2C)C1=O. The van der Waals surface area contributed by atoms with E-state index in [0.717, 1.165) is 31.9 Å². The van der Waals surface area contributed by atoms with Crippen LogP contribution in [0.4, 0.5) is 5.69 Å². The Morgan fingerprint density at radius 3 is 2.53 bits per heavy atom. The number of rotatable bonds is 5. The Labute approximate surface area is 178 Å². The van der Waals surface area contributed by atoms with E-state index in [1.54, 1.807) is 11.8 Å². The maximum Gasteiger partial charge on any atom is 0.267 e. The molecule has 0 saturated carbocycles. The monoisotopic (exact) mass is 407 g/mol. The molecular formula is C24H29N3O3. The largest absolute Gasteiger partial charge is 0.479 e. The van der Waals surface area contributed by atoms with Crippen molar-refractivity contribution in [3.63, 3.8) is 0 Å². The Kier molecular flexibility index (Phi) is 6.04. The molecule has 2 heterocycles. The topological polar surface area (TPSA) is 53.1 Å². The zero-order chi connectivity index (χ0) is 21.1. The van der Waals surface area contributed by atoms with Crippen molar-refractivity contribution in [2.75, 3.05) is 31.1 Å². The highest BCUT2D eigenvalue weighted by molar-refractivity contribution is 6.00. The second kappa shape index (κ2) is 8.88. The smallest absolute Gasteiger partial charge is 0.267 e. The minimum atomic E-state index is -0.532. The van der Waals surface area contributed by atoms with Gasteiger partial charge in [-0.15, -0.1) is 0 Å². The van der Waals surface area contributed by atoms with E-state index in [1.807, 2.05) is 35.2 Å². The van der Waals surface area contributed by atoms with Gasteiger partial charge in [0.1, 0.15) is 5.75 Å². The number of hydrogen-bond donors (Lipinski definition) is 0. The fourth-order valence-electron chi connectivity index (χ4n) is 4.33. The lowest BCUT2D eigenvalue weighted by molar-refractivity contribution is -0.135. The van der Waals surface area contributed by atoms with Crippen LogP contribution < -0.4 is 9.64 Å². The van der Waals surface area contributed by atoms with Gasteiger partial charge >= 0.3 is 0 Å². The fourth-order valence-corrected chi connectivity index (χ4v) is 4.33. The third-order valence-electron chi connectivity index (χ3n) is 5.90. The first kappa shape index (κ1) is 20.4. The zero-order valence-corrected chi connectivity index (χ0v) is 17.7. The molecule has 2 atom stereocenters. The lowest BCUT2D eigenvalue weighted by Gasteiger charge is -2.40. The zero-order valence-electron chi connectivity index (χ0n) is 17.7. The van der Waals surface area contributed by atoms with Crippen LogP contribution in [0.1, 0.15) is 25.8 Å². The minimum Gasteiger partial charge on any atom is -0.479 e. The van der Waals surface area contributed by atoms with Gasteiger partial charge in [0.2, 0.25) is 5.91 Å². The summed E-state index contributed by atoms with van der Waals surface area (Å²) in [5.41, 5.74) is 2.04. The molecule has 0 N–H and O–H groups in total. The van der Waals surface area contributed by atoms with Crippen LogP contribution in [-0.2, 0) is 16.1 Å². The average molecular weight is 408 g/mol. The predicted octanol–water partition coefficient (Wildman–Crippen LogP) is 2.92. The highest BCUT2D eigenvalue weighted by atomic mass is 16.5. The molecule has 0 radical (unpaired) electrons. The van der Waals surface area contributed by atoms with E-state index < -0.39 is 6.10 Å². The predicted molar refractivity (Wildman–Crippen MR) is 116 cm³/mol. The van der Waals surface area contributed by atoms with Gasteiger partial charge in [-0.05, 0) is 31.5 Å². The van der Waals surface area contributed by atoms with Gasteiger partial charge in [-0.25, -0.2) is 0 Å². The molecule has 0 aliphatic carbocycles. The molecule has 0 bridgehead atoms. The molecule has 4 rings (SSSR count). The van der Waals surface area contributed by atoms with E-state index in [9.17, 15) is 9.59 Å². The number of benzene rings is 2. The number of carbonyl (C=O) groups excluding carboxylic acids is 2. The molecule has 6 nitrogen and oxygen atoms in total. The highest BCUT2D eigenvalue weighted by Crippen LogP contribution is 2.33. The number of para-hydroxylation sites is 2. The number of carbonyl (C=O) groups is 2. The number of ether oxygens (including phenoxy) is 1. The van der Waals surface area contributed by atoms with E-state index in [0.29, 0.717) is 18.7 Å². The Hall–Kier alpha value is -2.86. The number of nitrogens with zero attached hydrogens (tertiary/aromatic N) is 3. The molecule has 2 aliphatic rings. The van der Waals surface area contributed by atoms with Crippen molar-refractivity contribution < 1.29 is 14.3 Å². The summed E-state index contributed by atoms with van der Waals surface area (Å²) in [5, 5.41) is 0. The summed E-state index contributed by atoms with van der Waals surface area (Å²) in [4.78, 5) is 31.6. The molecule has 6 heteroatoms. The van der Waals surface area contributed by atoms with E-state index in [2.05, 4.69) is 36.1 Å². The molecule has 1 fully saturated rings. The molecule has 2 unspecified atom stereocenters. The summed E-state index contributed by atoms with van der Waals surface area (Å²) in [7, 11) is 0. The molecule has 30 heavy (non-hydrogen) atoms. The Morgan fingerprint density at radius 2 is 1.77 bits per heavy atom. The summed E-state index contributed by atoms with van der Waals surface area (Å²) < 4.78 is 5.68. The molecule has 2 amide bonds. The fraction of sp³-hybridized carbons (Fsp3) is 0.417. The third-order valence-corrected chi connectivity index (χ3v) is 5.90. The Balaban J connectivity index is 1.34. The van der Waals surface area contributed by atoms with Gasteiger partial charge < -0.3 is 14.5 Å². The van der Waals surface area contributed by atoms with Crippen LogP contribution in [0.2, 0.25) is 0 Å². The van der Waals surface area contributed by atoms with Crippen LogP contribution in [-0.4, -0.2) is 59.9 Å². The number of amides is 2. The maximum atomic E-state index is 13.0. The molecule has 2 aromatic carbocycles. The van der Waals surface area contributed by atoms with E-state index >= 15 is 0 Å². The molecule has 1 saturated heterocycles. The summed E-state index contributed by atoms with van der Waals surface area (Å²) in [6.07, 6.45) is -0.217. The van der Waals surface area contributed by atoms with Crippen molar-refractivity contribution in [2.45, 2.75) is 39.0 Å². The van der Waals surface area contributed by atoms with Crippen molar-refractivity contribution in [2.24, 2.45) is 0 Å². The molecule has 0 aromatic heterocycles. The lowest BCUT2D eigenvalue weighted by Crippen LogP contribution is -2.54.